The first-order chi connectivity index (χ1) is 11.1. The number of nitrogens with zero attached hydrogens (tertiary/aromatic N) is 1. The fourth-order valence-corrected chi connectivity index (χ4v) is 4.44. The van der Waals surface area contributed by atoms with Crippen LogP contribution < -0.4 is 4.74 Å². The largest absolute Gasteiger partial charge is 0.493 e. The van der Waals surface area contributed by atoms with E-state index < -0.39 is 12.0 Å². The van der Waals surface area contributed by atoms with Crippen molar-refractivity contribution >= 4 is 11.9 Å². The SMILES string of the molecule is O=C(O)C1CC2CCCCC2N1C(=O)c1ccc2c(c1)CCO2. The number of likely N-dealkylation sites (tertiary alicyclic amines) is 1. The van der Waals surface area contributed by atoms with Crippen LogP contribution in [0.15, 0.2) is 18.2 Å². The number of amides is 1. The monoisotopic (exact) mass is 315 g/mol. The van der Waals surface area contributed by atoms with Crippen LogP contribution in [0.2, 0.25) is 0 Å². The maximum Gasteiger partial charge on any atom is 0.326 e. The lowest BCUT2D eigenvalue weighted by Crippen LogP contribution is -2.46. The van der Waals surface area contributed by atoms with Gasteiger partial charge in [0.1, 0.15) is 11.8 Å². The third kappa shape index (κ3) is 2.38. The maximum absolute atomic E-state index is 13.0. The summed E-state index contributed by atoms with van der Waals surface area (Å²) >= 11 is 0. The van der Waals surface area contributed by atoms with Crippen molar-refractivity contribution in [1.82, 2.24) is 4.90 Å². The summed E-state index contributed by atoms with van der Waals surface area (Å²) in [4.78, 5) is 26.4. The molecule has 1 amide bonds. The van der Waals surface area contributed by atoms with Crippen molar-refractivity contribution in [2.45, 2.75) is 50.6 Å². The van der Waals surface area contributed by atoms with E-state index in [0.29, 0.717) is 24.5 Å². The summed E-state index contributed by atoms with van der Waals surface area (Å²) < 4.78 is 5.48. The summed E-state index contributed by atoms with van der Waals surface area (Å²) in [5, 5.41) is 9.57. The number of rotatable bonds is 2. The lowest BCUT2D eigenvalue weighted by molar-refractivity contribution is -0.141. The highest BCUT2D eigenvalue weighted by Gasteiger charge is 2.47. The number of fused-ring (bicyclic) bond motifs is 2. The summed E-state index contributed by atoms with van der Waals surface area (Å²) in [5.41, 5.74) is 1.63. The molecule has 1 saturated carbocycles. The average Bonchev–Trinajstić information content (AvgIpc) is 3.17. The number of benzene rings is 1. The van der Waals surface area contributed by atoms with E-state index >= 15 is 0 Å². The lowest BCUT2D eigenvalue weighted by Gasteiger charge is -2.33. The standard InChI is InChI=1S/C18H21NO4/c20-17(13-5-6-16-12(9-13)7-8-23-16)19-14-4-2-1-3-11(14)10-15(19)18(21)22/h5-6,9,11,14-15H,1-4,7-8,10H2,(H,21,22). The molecule has 5 heteroatoms. The second-order valence-corrected chi connectivity index (χ2v) is 6.84. The Morgan fingerprint density at radius 2 is 2.04 bits per heavy atom. The third-order valence-corrected chi connectivity index (χ3v) is 5.54. The topological polar surface area (TPSA) is 66.8 Å². The number of carboxylic acid groups (broad SMARTS) is 1. The zero-order valence-electron chi connectivity index (χ0n) is 13.0. The fraction of sp³-hybridized carbons (Fsp3) is 0.556. The van der Waals surface area contributed by atoms with Crippen molar-refractivity contribution < 1.29 is 19.4 Å². The van der Waals surface area contributed by atoms with E-state index in [9.17, 15) is 14.7 Å². The van der Waals surface area contributed by atoms with Crippen molar-refractivity contribution in [3.8, 4) is 5.75 Å². The number of aliphatic carboxylic acids is 1. The van der Waals surface area contributed by atoms with Crippen LogP contribution in [0, 0.1) is 5.92 Å². The van der Waals surface area contributed by atoms with Crippen LogP contribution in [-0.4, -0.2) is 40.6 Å². The van der Waals surface area contributed by atoms with E-state index in [1.54, 1.807) is 11.0 Å². The van der Waals surface area contributed by atoms with Crippen molar-refractivity contribution in [3.05, 3.63) is 29.3 Å². The van der Waals surface area contributed by atoms with Gasteiger partial charge in [-0.25, -0.2) is 4.79 Å². The highest BCUT2D eigenvalue weighted by atomic mass is 16.5. The van der Waals surface area contributed by atoms with Crippen molar-refractivity contribution in [1.29, 1.82) is 0 Å². The van der Waals surface area contributed by atoms with Gasteiger partial charge in [-0.1, -0.05) is 12.8 Å². The number of hydrogen-bond acceptors (Lipinski definition) is 3. The van der Waals surface area contributed by atoms with Gasteiger partial charge in [-0.2, -0.15) is 0 Å². The molecule has 2 heterocycles. The Balaban J connectivity index is 1.66. The van der Waals surface area contributed by atoms with Gasteiger partial charge in [0.15, 0.2) is 0 Å². The second kappa shape index (κ2) is 5.55. The Kier molecular flexibility index (Phi) is 3.51. The van der Waals surface area contributed by atoms with Crippen LogP contribution >= 0.6 is 0 Å². The molecule has 0 radical (unpaired) electrons. The molecule has 5 nitrogen and oxygen atoms in total. The molecule has 1 aliphatic carbocycles. The molecule has 0 bridgehead atoms. The summed E-state index contributed by atoms with van der Waals surface area (Å²) in [6, 6.07) is 4.88. The molecule has 3 atom stereocenters. The molecule has 1 saturated heterocycles. The Bertz CT molecular complexity index is 656. The van der Waals surface area contributed by atoms with E-state index in [1.165, 1.54) is 0 Å². The van der Waals surface area contributed by atoms with Gasteiger partial charge < -0.3 is 14.7 Å². The number of carbonyl (C=O) groups is 2. The van der Waals surface area contributed by atoms with Gasteiger partial charge in [0.2, 0.25) is 0 Å². The molecule has 23 heavy (non-hydrogen) atoms. The predicted octanol–water partition coefficient (Wildman–Crippen LogP) is 2.48. The maximum atomic E-state index is 13.0. The van der Waals surface area contributed by atoms with Crippen molar-refractivity contribution in [3.63, 3.8) is 0 Å². The molecule has 1 N–H and O–H groups in total. The Labute approximate surface area is 135 Å². The minimum atomic E-state index is -0.878. The smallest absolute Gasteiger partial charge is 0.326 e. The fourth-order valence-electron chi connectivity index (χ4n) is 4.44. The number of carbonyl (C=O) groups excluding carboxylic acids is 1. The number of carboxylic acids is 1. The number of hydrogen-bond donors (Lipinski definition) is 1. The molecule has 3 unspecified atom stereocenters. The molecule has 4 rings (SSSR count). The number of ether oxygens (including phenoxy) is 1. The molecular weight excluding hydrogens is 294 g/mol. The second-order valence-electron chi connectivity index (χ2n) is 6.84. The molecule has 2 aliphatic heterocycles. The predicted molar refractivity (Wildman–Crippen MR) is 83.6 cm³/mol. The molecular formula is C18H21NO4. The third-order valence-electron chi connectivity index (χ3n) is 5.54. The molecule has 1 aromatic carbocycles. The summed E-state index contributed by atoms with van der Waals surface area (Å²) in [6.07, 6.45) is 5.59. The molecule has 0 aromatic heterocycles. The van der Waals surface area contributed by atoms with Crippen LogP contribution in [0.4, 0.5) is 0 Å². The van der Waals surface area contributed by atoms with Crippen LogP contribution in [0.3, 0.4) is 0 Å². The normalized spacial score (nSPS) is 28.9. The van der Waals surface area contributed by atoms with Crippen LogP contribution in [0.1, 0.15) is 48.0 Å². The van der Waals surface area contributed by atoms with Gasteiger partial charge in [-0.3, -0.25) is 4.79 Å². The van der Waals surface area contributed by atoms with E-state index in [4.69, 9.17) is 4.74 Å². The first kappa shape index (κ1) is 14.5. The molecule has 2 fully saturated rings. The van der Waals surface area contributed by atoms with Crippen LogP contribution in [0.5, 0.6) is 5.75 Å². The first-order valence-electron chi connectivity index (χ1n) is 8.46. The van der Waals surface area contributed by atoms with E-state index in [-0.39, 0.29) is 11.9 Å². The summed E-state index contributed by atoms with van der Waals surface area (Å²) in [6.45, 7) is 0.652. The Morgan fingerprint density at radius 3 is 2.87 bits per heavy atom. The zero-order chi connectivity index (χ0) is 16.0. The van der Waals surface area contributed by atoms with Gasteiger partial charge in [0.25, 0.3) is 5.91 Å². The van der Waals surface area contributed by atoms with Gasteiger partial charge in [0.05, 0.1) is 6.61 Å². The van der Waals surface area contributed by atoms with Gasteiger partial charge >= 0.3 is 5.97 Å². The van der Waals surface area contributed by atoms with Crippen LogP contribution in [0.25, 0.3) is 0 Å². The van der Waals surface area contributed by atoms with E-state index in [1.807, 2.05) is 12.1 Å². The minimum absolute atomic E-state index is 0.0851. The summed E-state index contributed by atoms with van der Waals surface area (Å²) in [5.74, 6) is 0.165. The Hall–Kier alpha value is -2.04. The zero-order valence-corrected chi connectivity index (χ0v) is 13.0. The minimum Gasteiger partial charge on any atom is -0.493 e. The van der Waals surface area contributed by atoms with Crippen molar-refractivity contribution in [2.24, 2.45) is 5.92 Å². The van der Waals surface area contributed by atoms with Gasteiger partial charge in [-0.15, -0.1) is 0 Å². The molecule has 3 aliphatic rings. The van der Waals surface area contributed by atoms with E-state index in [0.717, 1.165) is 43.4 Å². The molecule has 122 valence electrons. The first-order valence-corrected chi connectivity index (χ1v) is 8.46. The average molecular weight is 315 g/mol. The lowest BCUT2D eigenvalue weighted by atomic mass is 9.84. The van der Waals surface area contributed by atoms with Gasteiger partial charge in [0, 0.05) is 18.0 Å². The van der Waals surface area contributed by atoms with E-state index in [2.05, 4.69) is 0 Å². The van der Waals surface area contributed by atoms with Crippen LogP contribution in [-0.2, 0) is 11.2 Å². The summed E-state index contributed by atoms with van der Waals surface area (Å²) in [7, 11) is 0. The van der Waals surface area contributed by atoms with Gasteiger partial charge in [-0.05, 0) is 48.9 Å². The van der Waals surface area contributed by atoms with Crippen molar-refractivity contribution in [2.75, 3.05) is 6.61 Å². The Morgan fingerprint density at radius 1 is 1.22 bits per heavy atom. The molecule has 0 spiro atoms. The molecule has 1 aromatic rings. The quantitative estimate of drug-likeness (QED) is 0.910. The highest BCUT2D eigenvalue weighted by molar-refractivity contribution is 5.97. The highest BCUT2D eigenvalue weighted by Crippen LogP contribution is 2.40.